The quantitative estimate of drug-likeness (QED) is 0.725. The fourth-order valence-corrected chi connectivity index (χ4v) is 2.68. The van der Waals surface area contributed by atoms with Gasteiger partial charge in [0.25, 0.3) is 0 Å². The number of carbonyl (C=O) groups excluding carboxylic acids is 1. The second-order valence-electron chi connectivity index (χ2n) is 7.33. The predicted molar refractivity (Wildman–Crippen MR) is 114 cm³/mol. The molecule has 1 heterocycles. The molecule has 156 valence electrons. The first kappa shape index (κ1) is 22.9. The molecule has 2 N–H and O–H groups in total. The van der Waals surface area contributed by atoms with Crippen LogP contribution in [0.25, 0.3) is 0 Å². The summed E-state index contributed by atoms with van der Waals surface area (Å²) >= 11 is 5.79. The average molecular weight is 419 g/mol. The third kappa shape index (κ3) is 7.16. The molecule has 0 bridgehead atoms. The summed E-state index contributed by atoms with van der Waals surface area (Å²) in [6.45, 7) is 7.66. The van der Waals surface area contributed by atoms with E-state index < -0.39 is 11.6 Å². The number of ether oxygens (including phenoxy) is 1. The largest absolute Gasteiger partial charge is 0.478 e. The van der Waals surface area contributed by atoms with Crippen LogP contribution in [-0.2, 0) is 4.79 Å². The number of nitrogens with zero attached hydrogens (tertiary/aromatic N) is 1. The van der Waals surface area contributed by atoms with Crippen molar-refractivity contribution in [2.75, 3.05) is 33.2 Å². The van der Waals surface area contributed by atoms with Gasteiger partial charge in [0.2, 0.25) is 0 Å². The molecule has 2 aromatic carbocycles. The van der Waals surface area contributed by atoms with Crippen LogP contribution in [0.3, 0.4) is 0 Å². The van der Waals surface area contributed by atoms with E-state index in [4.69, 9.17) is 21.4 Å². The van der Waals surface area contributed by atoms with Crippen LogP contribution < -0.4 is 10.1 Å². The molecule has 0 aliphatic carbocycles. The molecular weight excluding hydrogens is 392 g/mol. The smallest absolute Gasteiger partial charge is 0.347 e. The number of carboxylic acids is 1. The van der Waals surface area contributed by atoms with Crippen LogP contribution in [-0.4, -0.2) is 60.6 Å². The van der Waals surface area contributed by atoms with E-state index in [-0.39, 0.29) is 5.78 Å². The summed E-state index contributed by atoms with van der Waals surface area (Å²) in [5.74, 6) is -0.811. The molecule has 3 rings (SSSR count). The van der Waals surface area contributed by atoms with Gasteiger partial charge in [0, 0.05) is 42.3 Å². The average Bonchev–Trinajstić information content (AvgIpc) is 2.69. The Morgan fingerprint density at radius 1 is 1.00 bits per heavy atom. The Bertz CT molecular complexity index is 814. The van der Waals surface area contributed by atoms with E-state index in [9.17, 15) is 9.59 Å². The summed E-state index contributed by atoms with van der Waals surface area (Å²) in [6.07, 6.45) is 0. The van der Waals surface area contributed by atoms with Crippen molar-refractivity contribution in [2.24, 2.45) is 0 Å². The highest BCUT2D eigenvalue weighted by atomic mass is 35.5. The van der Waals surface area contributed by atoms with Crippen LogP contribution in [0.1, 0.15) is 29.8 Å². The maximum Gasteiger partial charge on any atom is 0.347 e. The third-order valence-electron chi connectivity index (χ3n) is 4.45. The van der Waals surface area contributed by atoms with Gasteiger partial charge in [-0.05, 0) is 69.4 Å². The predicted octanol–water partition coefficient (Wildman–Crippen LogP) is 3.33. The molecular formula is C22H27ClN2O4. The number of likely N-dealkylation sites (N-methyl/N-ethyl adjacent to an activating group) is 1. The van der Waals surface area contributed by atoms with Crippen molar-refractivity contribution < 1.29 is 19.4 Å². The lowest BCUT2D eigenvalue weighted by Crippen LogP contribution is -2.40. The Balaban J connectivity index is 0.000000360. The SMILES string of the molecule is CC(C)(Oc1ccc(C(=O)c2ccc(Cl)cc2)cc1)C(=O)O.CN1CCNCC1. The zero-order valence-corrected chi connectivity index (χ0v) is 17.7. The van der Waals surface area contributed by atoms with Crippen LogP contribution in [0.2, 0.25) is 5.02 Å². The minimum absolute atomic E-state index is 0.138. The summed E-state index contributed by atoms with van der Waals surface area (Å²) in [5.41, 5.74) is -0.312. The monoisotopic (exact) mass is 418 g/mol. The molecule has 1 aliphatic heterocycles. The molecule has 0 atom stereocenters. The molecule has 0 unspecified atom stereocenters. The van der Waals surface area contributed by atoms with E-state index in [0.717, 1.165) is 13.1 Å². The summed E-state index contributed by atoms with van der Waals surface area (Å²) in [7, 11) is 2.15. The molecule has 0 saturated carbocycles. The minimum Gasteiger partial charge on any atom is -0.478 e. The topological polar surface area (TPSA) is 78.9 Å². The second-order valence-corrected chi connectivity index (χ2v) is 7.77. The third-order valence-corrected chi connectivity index (χ3v) is 4.70. The van der Waals surface area contributed by atoms with Crippen molar-refractivity contribution >= 4 is 23.4 Å². The molecule has 0 amide bonds. The summed E-state index contributed by atoms with van der Waals surface area (Å²) < 4.78 is 5.39. The van der Waals surface area contributed by atoms with Gasteiger partial charge >= 0.3 is 5.97 Å². The molecule has 1 aliphatic rings. The first-order chi connectivity index (χ1) is 13.7. The highest BCUT2D eigenvalue weighted by molar-refractivity contribution is 6.30. The number of nitrogens with one attached hydrogen (secondary N) is 1. The van der Waals surface area contributed by atoms with Gasteiger partial charge in [0.1, 0.15) is 5.75 Å². The van der Waals surface area contributed by atoms with Crippen molar-refractivity contribution in [1.82, 2.24) is 10.2 Å². The normalized spacial score (nSPS) is 14.5. The van der Waals surface area contributed by atoms with Gasteiger partial charge in [-0.15, -0.1) is 0 Å². The number of carboxylic acid groups (broad SMARTS) is 1. The lowest BCUT2D eigenvalue weighted by Gasteiger charge is -2.21. The van der Waals surface area contributed by atoms with E-state index >= 15 is 0 Å². The molecule has 7 heteroatoms. The number of hydrogen-bond donors (Lipinski definition) is 2. The Kier molecular flexibility index (Phi) is 8.20. The van der Waals surface area contributed by atoms with Crippen molar-refractivity contribution in [1.29, 1.82) is 0 Å². The minimum atomic E-state index is -1.33. The van der Waals surface area contributed by atoms with Crippen LogP contribution >= 0.6 is 11.6 Å². The van der Waals surface area contributed by atoms with Gasteiger partial charge in [-0.2, -0.15) is 0 Å². The first-order valence-electron chi connectivity index (χ1n) is 9.41. The summed E-state index contributed by atoms with van der Waals surface area (Å²) in [4.78, 5) is 25.6. The summed E-state index contributed by atoms with van der Waals surface area (Å²) in [5, 5.41) is 12.9. The number of piperazine rings is 1. The fourth-order valence-electron chi connectivity index (χ4n) is 2.56. The van der Waals surface area contributed by atoms with Crippen molar-refractivity contribution in [2.45, 2.75) is 19.4 Å². The lowest BCUT2D eigenvalue weighted by atomic mass is 10.0. The van der Waals surface area contributed by atoms with E-state index in [1.807, 2.05) is 0 Å². The molecule has 0 radical (unpaired) electrons. The van der Waals surface area contributed by atoms with Gasteiger partial charge in [-0.25, -0.2) is 4.79 Å². The Hall–Kier alpha value is -2.41. The number of rotatable bonds is 5. The highest BCUT2D eigenvalue weighted by Gasteiger charge is 2.29. The number of aliphatic carboxylic acids is 1. The number of carbonyl (C=O) groups is 2. The van der Waals surface area contributed by atoms with Crippen LogP contribution in [0.4, 0.5) is 0 Å². The molecule has 1 saturated heterocycles. The van der Waals surface area contributed by atoms with Gasteiger partial charge in [-0.1, -0.05) is 11.6 Å². The lowest BCUT2D eigenvalue weighted by molar-refractivity contribution is -0.152. The maximum absolute atomic E-state index is 12.3. The van der Waals surface area contributed by atoms with Crippen LogP contribution in [0.5, 0.6) is 5.75 Å². The van der Waals surface area contributed by atoms with Gasteiger partial charge < -0.3 is 20.1 Å². The number of hydrogen-bond acceptors (Lipinski definition) is 5. The van der Waals surface area contributed by atoms with Gasteiger partial charge in [-0.3, -0.25) is 4.79 Å². The molecule has 6 nitrogen and oxygen atoms in total. The zero-order chi connectivity index (χ0) is 21.4. The fraction of sp³-hybridized carbons (Fsp3) is 0.364. The van der Waals surface area contributed by atoms with E-state index in [1.165, 1.54) is 26.9 Å². The van der Waals surface area contributed by atoms with Crippen molar-refractivity contribution in [3.63, 3.8) is 0 Å². The number of benzene rings is 2. The Morgan fingerprint density at radius 3 is 1.90 bits per heavy atom. The maximum atomic E-state index is 12.3. The van der Waals surface area contributed by atoms with Crippen LogP contribution in [0, 0.1) is 0 Å². The van der Waals surface area contributed by atoms with E-state index in [2.05, 4.69) is 17.3 Å². The molecule has 0 aromatic heterocycles. The number of halogens is 1. The van der Waals surface area contributed by atoms with E-state index in [0.29, 0.717) is 21.9 Å². The molecule has 1 fully saturated rings. The first-order valence-corrected chi connectivity index (χ1v) is 9.79. The van der Waals surface area contributed by atoms with E-state index in [1.54, 1.807) is 48.5 Å². The molecule has 0 spiro atoms. The van der Waals surface area contributed by atoms with Crippen molar-refractivity contribution in [3.05, 3.63) is 64.7 Å². The Morgan fingerprint density at radius 2 is 1.48 bits per heavy atom. The van der Waals surface area contributed by atoms with Gasteiger partial charge in [0.05, 0.1) is 0 Å². The molecule has 2 aromatic rings. The second kappa shape index (κ2) is 10.4. The zero-order valence-electron chi connectivity index (χ0n) is 16.9. The van der Waals surface area contributed by atoms with Crippen LogP contribution in [0.15, 0.2) is 48.5 Å². The molecule has 29 heavy (non-hydrogen) atoms. The number of ketones is 1. The highest BCUT2D eigenvalue weighted by Crippen LogP contribution is 2.21. The Labute approximate surface area is 176 Å². The standard InChI is InChI=1S/C17H15ClO4.C5H12N2/c1-17(2,16(20)21)22-14-9-5-12(6-10-14)15(19)11-3-7-13(18)8-4-11;1-7-4-2-6-3-5-7/h3-10H,1-2H3,(H,20,21);6H,2-5H2,1H3. The van der Waals surface area contributed by atoms with Crippen molar-refractivity contribution in [3.8, 4) is 5.75 Å². The van der Waals surface area contributed by atoms with Gasteiger partial charge in [0.15, 0.2) is 11.4 Å². The summed E-state index contributed by atoms with van der Waals surface area (Å²) in [6, 6.07) is 13.0.